The number of hydrogen-bond acceptors (Lipinski definition) is 4. The Balaban J connectivity index is 2.35. The molecular formula is C15H24N2O3S. The van der Waals surface area contributed by atoms with Crippen molar-refractivity contribution in [2.45, 2.75) is 50.6 Å². The third kappa shape index (κ3) is 3.56. The Morgan fingerprint density at radius 2 is 2.05 bits per heavy atom. The number of sulfonamides is 1. The van der Waals surface area contributed by atoms with E-state index in [9.17, 15) is 8.42 Å². The van der Waals surface area contributed by atoms with Crippen LogP contribution in [-0.4, -0.2) is 34.2 Å². The Kier molecular flexibility index (Phi) is 4.91. The highest BCUT2D eigenvalue weighted by Gasteiger charge is 2.29. The molecule has 0 amide bonds. The standard InChI is InChI=1S/C15H24N2O3S/c1-10-8-11(2)15(14(9-10)20-4)21(18,19)17-13-6-5-7-16-12(13)3/h8-9,12-13,16-17H,5-7H2,1-4H3. The number of rotatable bonds is 4. The summed E-state index contributed by atoms with van der Waals surface area (Å²) in [7, 11) is -2.10. The monoisotopic (exact) mass is 312 g/mol. The van der Waals surface area contributed by atoms with Crippen LogP contribution in [0.15, 0.2) is 17.0 Å². The minimum absolute atomic E-state index is 0.0887. The first kappa shape index (κ1) is 16.3. The Morgan fingerprint density at radius 1 is 1.33 bits per heavy atom. The van der Waals surface area contributed by atoms with E-state index in [2.05, 4.69) is 10.0 Å². The molecular weight excluding hydrogens is 288 g/mol. The van der Waals surface area contributed by atoms with Gasteiger partial charge in [0.05, 0.1) is 7.11 Å². The van der Waals surface area contributed by atoms with Crippen LogP contribution in [0.25, 0.3) is 0 Å². The first-order valence-corrected chi connectivity index (χ1v) is 8.74. The second-order valence-electron chi connectivity index (χ2n) is 5.73. The average Bonchev–Trinajstić information content (AvgIpc) is 2.39. The van der Waals surface area contributed by atoms with Gasteiger partial charge in [-0.2, -0.15) is 0 Å². The van der Waals surface area contributed by atoms with Crippen molar-refractivity contribution in [1.29, 1.82) is 0 Å². The molecule has 6 heteroatoms. The van der Waals surface area contributed by atoms with Gasteiger partial charge in [0.15, 0.2) is 0 Å². The number of aryl methyl sites for hydroxylation is 2. The zero-order valence-electron chi connectivity index (χ0n) is 13.1. The van der Waals surface area contributed by atoms with E-state index in [-0.39, 0.29) is 17.0 Å². The van der Waals surface area contributed by atoms with Crippen molar-refractivity contribution in [2.75, 3.05) is 13.7 Å². The fraction of sp³-hybridized carbons (Fsp3) is 0.600. The van der Waals surface area contributed by atoms with E-state index in [1.165, 1.54) is 7.11 Å². The summed E-state index contributed by atoms with van der Waals surface area (Å²) in [5.41, 5.74) is 1.69. The van der Waals surface area contributed by atoms with E-state index in [1.54, 1.807) is 13.0 Å². The van der Waals surface area contributed by atoms with Crippen molar-refractivity contribution < 1.29 is 13.2 Å². The van der Waals surface area contributed by atoms with Crippen LogP contribution in [-0.2, 0) is 10.0 Å². The molecule has 0 bridgehead atoms. The van der Waals surface area contributed by atoms with E-state index in [4.69, 9.17) is 4.74 Å². The third-order valence-electron chi connectivity index (χ3n) is 3.94. The SMILES string of the molecule is COc1cc(C)cc(C)c1S(=O)(=O)NC1CCCNC1C. The van der Waals surface area contributed by atoms with Gasteiger partial charge in [0.2, 0.25) is 10.0 Å². The van der Waals surface area contributed by atoms with E-state index in [0.29, 0.717) is 11.3 Å². The van der Waals surface area contributed by atoms with Crippen LogP contribution in [0, 0.1) is 13.8 Å². The van der Waals surface area contributed by atoms with Gasteiger partial charge >= 0.3 is 0 Å². The lowest BCUT2D eigenvalue weighted by Gasteiger charge is -2.30. The van der Waals surface area contributed by atoms with E-state index >= 15 is 0 Å². The lowest BCUT2D eigenvalue weighted by molar-refractivity contribution is 0.347. The maximum absolute atomic E-state index is 12.7. The molecule has 0 aromatic heterocycles. The number of ether oxygens (including phenoxy) is 1. The molecule has 2 unspecified atom stereocenters. The van der Waals surface area contributed by atoms with Gasteiger partial charge in [-0.25, -0.2) is 13.1 Å². The Labute approximate surface area is 127 Å². The second kappa shape index (κ2) is 6.34. The second-order valence-corrected chi connectivity index (χ2v) is 7.38. The molecule has 1 aliphatic heterocycles. The predicted octanol–water partition coefficient (Wildman–Crippen LogP) is 1.73. The molecule has 0 spiro atoms. The normalized spacial score (nSPS) is 23.0. The summed E-state index contributed by atoms with van der Waals surface area (Å²) in [6, 6.07) is 3.66. The Hall–Kier alpha value is -1.11. The molecule has 21 heavy (non-hydrogen) atoms. The van der Waals surface area contributed by atoms with Gasteiger partial charge in [0.1, 0.15) is 10.6 Å². The van der Waals surface area contributed by atoms with Gasteiger partial charge in [-0.15, -0.1) is 0 Å². The molecule has 1 heterocycles. The molecule has 0 saturated carbocycles. The maximum atomic E-state index is 12.7. The smallest absolute Gasteiger partial charge is 0.244 e. The summed E-state index contributed by atoms with van der Waals surface area (Å²) in [5, 5.41) is 3.30. The van der Waals surface area contributed by atoms with Crippen LogP contribution in [0.1, 0.15) is 30.9 Å². The lowest BCUT2D eigenvalue weighted by atomic mass is 10.0. The molecule has 118 valence electrons. The first-order valence-electron chi connectivity index (χ1n) is 7.26. The topological polar surface area (TPSA) is 67.4 Å². The van der Waals surface area contributed by atoms with Crippen LogP contribution in [0.5, 0.6) is 5.75 Å². The minimum atomic E-state index is -3.60. The largest absolute Gasteiger partial charge is 0.495 e. The zero-order valence-corrected chi connectivity index (χ0v) is 13.9. The van der Waals surface area contributed by atoms with Crippen molar-refractivity contribution in [2.24, 2.45) is 0 Å². The quantitative estimate of drug-likeness (QED) is 0.888. The maximum Gasteiger partial charge on any atom is 0.244 e. The molecule has 0 aliphatic carbocycles. The van der Waals surface area contributed by atoms with Crippen molar-refractivity contribution in [1.82, 2.24) is 10.0 Å². The summed E-state index contributed by atoms with van der Waals surface area (Å²) in [6.07, 6.45) is 1.82. The van der Waals surface area contributed by atoms with E-state index in [0.717, 1.165) is 24.9 Å². The van der Waals surface area contributed by atoms with Crippen LogP contribution >= 0.6 is 0 Å². The van der Waals surface area contributed by atoms with Gasteiger partial charge in [0.25, 0.3) is 0 Å². The third-order valence-corrected chi connectivity index (χ3v) is 5.62. The molecule has 2 rings (SSSR count). The van der Waals surface area contributed by atoms with E-state index < -0.39 is 10.0 Å². The summed E-state index contributed by atoms with van der Waals surface area (Å²) >= 11 is 0. The molecule has 1 saturated heterocycles. The van der Waals surface area contributed by atoms with Gasteiger partial charge in [-0.05, 0) is 57.4 Å². The van der Waals surface area contributed by atoms with Crippen molar-refractivity contribution in [3.05, 3.63) is 23.3 Å². The summed E-state index contributed by atoms with van der Waals surface area (Å²) < 4.78 is 33.6. The molecule has 1 aromatic rings. The molecule has 2 N–H and O–H groups in total. The number of methoxy groups -OCH3 is 1. The minimum Gasteiger partial charge on any atom is -0.495 e. The van der Waals surface area contributed by atoms with Gasteiger partial charge in [0, 0.05) is 12.1 Å². The van der Waals surface area contributed by atoms with Crippen LogP contribution in [0.2, 0.25) is 0 Å². The fourth-order valence-corrected chi connectivity index (χ4v) is 4.60. The lowest BCUT2D eigenvalue weighted by Crippen LogP contribution is -2.51. The predicted molar refractivity (Wildman–Crippen MR) is 83.3 cm³/mol. The fourth-order valence-electron chi connectivity index (χ4n) is 2.87. The molecule has 2 atom stereocenters. The van der Waals surface area contributed by atoms with Crippen molar-refractivity contribution >= 4 is 10.0 Å². The van der Waals surface area contributed by atoms with Gasteiger partial charge in [-0.1, -0.05) is 6.07 Å². The van der Waals surface area contributed by atoms with Crippen LogP contribution in [0.3, 0.4) is 0 Å². The molecule has 0 radical (unpaired) electrons. The zero-order chi connectivity index (χ0) is 15.6. The van der Waals surface area contributed by atoms with Gasteiger partial charge in [-0.3, -0.25) is 0 Å². The highest BCUT2D eigenvalue weighted by molar-refractivity contribution is 7.89. The number of benzene rings is 1. The summed E-state index contributed by atoms with van der Waals surface area (Å²) in [4.78, 5) is 0.244. The van der Waals surface area contributed by atoms with Crippen molar-refractivity contribution in [3.63, 3.8) is 0 Å². The van der Waals surface area contributed by atoms with Crippen molar-refractivity contribution in [3.8, 4) is 5.75 Å². The molecule has 1 aliphatic rings. The highest BCUT2D eigenvalue weighted by atomic mass is 32.2. The van der Waals surface area contributed by atoms with Crippen LogP contribution in [0.4, 0.5) is 0 Å². The van der Waals surface area contributed by atoms with Crippen LogP contribution < -0.4 is 14.8 Å². The highest BCUT2D eigenvalue weighted by Crippen LogP contribution is 2.29. The molecule has 5 nitrogen and oxygen atoms in total. The number of hydrogen-bond donors (Lipinski definition) is 2. The molecule has 1 fully saturated rings. The summed E-state index contributed by atoms with van der Waals surface area (Å²) in [5.74, 6) is 0.399. The molecule has 1 aromatic carbocycles. The number of piperidine rings is 1. The Morgan fingerprint density at radius 3 is 2.67 bits per heavy atom. The summed E-state index contributed by atoms with van der Waals surface area (Å²) in [6.45, 7) is 6.66. The Bertz CT molecular complexity index is 614. The van der Waals surface area contributed by atoms with E-state index in [1.807, 2.05) is 19.9 Å². The average molecular weight is 312 g/mol. The van der Waals surface area contributed by atoms with Gasteiger partial charge < -0.3 is 10.1 Å². The number of nitrogens with one attached hydrogen (secondary N) is 2. The first-order chi connectivity index (χ1) is 9.85.